The normalized spacial score (nSPS) is 14.6. The van der Waals surface area contributed by atoms with Crippen LogP contribution in [-0.2, 0) is 10.7 Å². The Bertz CT molecular complexity index is 1050. The van der Waals surface area contributed by atoms with Gasteiger partial charge in [0.05, 0.1) is 5.52 Å². The van der Waals surface area contributed by atoms with Gasteiger partial charge in [-0.3, -0.25) is 9.36 Å². The Morgan fingerprint density at radius 3 is 2.67 bits per heavy atom. The Hall–Kier alpha value is -2.90. The van der Waals surface area contributed by atoms with Gasteiger partial charge < -0.3 is 5.32 Å². The standard InChI is InChI=1S/C19H19F2N5O/c1-10-6-16(19(3,20)21)25-18(23-10)26-9-14(12-4-5-12)13-8-22-17(7-15(13)26)24-11(2)27/h6-9,12H,4-5H2,1-3H3,(H,22,24,27). The fraction of sp³-hybridized carbons (Fsp3) is 0.368. The molecule has 6 nitrogen and oxygen atoms in total. The van der Waals surface area contributed by atoms with E-state index >= 15 is 0 Å². The van der Waals surface area contributed by atoms with Gasteiger partial charge in [0.25, 0.3) is 5.92 Å². The van der Waals surface area contributed by atoms with Crippen molar-refractivity contribution >= 4 is 22.6 Å². The van der Waals surface area contributed by atoms with Crippen molar-refractivity contribution < 1.29 is 13.6 Å². The van der Waals surface area contributed by atoms with Crippen molar-refractivity contribution in [2.45, 2.75) is 45.5 Å². The molecular formula is C19H19F2N5O. The van der Waals surface area contributed by atoms with Crippen LogP contribution in [0.1, 0.15) is 49.6 Å². The van der Waals surface area contributed by atoms with Crippen molar-refractivity contribution in [2.75, 3.05) is 5.32 Å². The van der Waals surface area contributed by atoms with Crippen molar-refractivity contribution in [3.8, 4) is 5.95 Å². The lowest BCUT2D eigenvalue weighted by molar-refractivity contribution is -0.114. The number of hydrogen-bond acceptors (Lipinski definition) is 4. The molecule has 3 aromatic rings. The van der Waals surface area contributed by atoms with Gasteiger partial charge in [0, 0.05) is 43.4 Å². The zero-order valence-corrected chi connectivity index (χ0v) is 15.3. The van der Waals surface area contributed by atoms with E-state index in [-0.39, 0.29) is 17.5 Å². The summed E-state index contributed by atoms with van der Waals surface area (Å²) < 4.78 is 29.4. The summed E-state index contributed by atoms with van der Waals surface area (Å²) in [5.74, 6) is -2.29. The summed E-state index contributed by atoms with van der Waals surface area (Å²) in [5, 5.41) is 3.57. The molecule has 0 spiro atoms. The number of nitrogens with zero attached hydrogens (tertiary/aromatic N) is 4. The summed E-state index contributed by atoms with van der Waals surface area (Å²) >= 11 is 0. The number of nitrogens with one attached hydrogen (secondary N) is 1. The van der Waals surface area contributed by atoms with Crippen LogP contribution in [-0.4, -0.2) is 25.4 Å². The second-order valence-electron chi connectivity index (χ2n) is 7.08. The molecule has 0 atom stereocenters. The second kappa shape index (κ2) is 6.07. The van der Waals surface area contributed by atoms with Gasteiger partial charge in [0.15, 0.2) is 0 Å². The Labute approximate surface area is 154 Å². The van der Waals surface area contributed by atoms with Gasteiger partial charge in [-0.25, -0.2) is 15.0 Å². The first-order valence-electron chi connectivity index (χ1n) is 8.75. The number of carbonyl (C=O) groups is 1. The van der Waals surface area contributed by atoms with Gasteiger partial charge in [-0.15, -0.1) is 0 Å². The molecule has 0 unspecified atom stereocenters. The Kier molecular flexibility index (Phi) is 3.94. The first-order chi connectivity index (χ1) is 12.7. The molecule has 0 aromatic carbocycles. The van der Waals surface area contributed by atoms with Gasteiger partial charge in [-0.1, -0.05) is 0 Å². The number of amides is 1. The molecule has 0 aliphatic heterocycles. The first kappa shape index (κ1) is 17.5. The largest absolute Gasteiger partial charge is 0.311 e. The SMILES string of the molecule is CC(=O)Nc1cc2c(cn1)c(C1CC1)cn2-c1nc(C)cc(C(C)(F)F)n1. The molecule has 0 saturated heterocycles. The van der Waals surface area contributed by atoms with Crippen LogP contribution in [0.25, 0.3) is 16.9 Å². The lowest BCUT2D eigenvalue weighted by atomic mass is 10.1. The van der Waals surface area contributed by atoms with Gasteiger partial charge in [-0.05, 0) is 37.3 Å². The van der Waals surface area contributed by atoms with E-state index < -0.39 is 5.92 Å². The average Bonchev–Trinajstić information content (AvgIpc) is 3.34. The summed E-state index contributed by atoms with van der Waals surface area (Å²) in [4.78, 5) is 24.1. The second-order valence-corrected chi connectivity index (χ2v) is 7.08. The summed E-state index contributed by atoms with van der Waals surface area (Å²) in [7, 11) is 0. The van der Waals surface area contributed by atoms with Crippen LogP contribution in [0.2, 0.25) is 0 Å². The molecule has 1 aliphatic carbocycles. The van der Waals surface area contributed by atoms with Crippen LogP contribution < -0.4 is 5.32 Å². The molecule has 140 valence electrons. The molecule has 1 fully saturated rings. The molecule has 1 aliphatic rings. The van der Waals surface area contributed by atoms with Gasteiger partial charge in [-0.2, -0.15) is 8.78 Å². The summed E-state index contributed by atoms with van der Waals surface area (Å²) in [5.41, 5.74) is 1.96. The summed E-state index contributed by atoms with van der Waals surface area (Å²) in [6, 6.07) is 3.01. The number of pyridine rings is 1. The highest BCUT2D eigenvalue weighted by molar-refractivity contribution is 5.92. The molecule has 3 heterocycles. The van der Waals surface area contributed by atoms with Crippen LogP contribution in [0.5, 0.6) is 0 Å². The van der Waals surface area contributed by atoms with Crippen molar-refractivity contribution in [1.29, 1.82) is 0 Å². The zero-order valence-electron chi connectivity index (χ0n) is 15.3. The molecule has 27 heavy (non-hydrogen) atoms. The van der Waals surface area contributed by atoms with Gasteiger partial charge in [0.2, 0.25) is 11.9 Å². The van der Waals surface area contributed by atoms with Crippen molar-refractivity contribution in [3.05, 3.63) is 41.5 Å². The minimum absolute atomic E-state index is 0.184. The molecule has 8 heteroatoms. The fourth-order valence-electron chi connectivity index (χ4n) is 3.16. The predicted octanol–water partition coefficient (Wildman–Crippen LogP) is 4.07. The van der Waals surface area contributed by atoms with Crippen molar-refractivity contribution in [3.63, 3.8) is 0 Å². The molecule has 3 aromatic heterocycles. The number of rotatable bonds is 4. The van der Waals surface area contributed by atoms with Crippen LogP contribution in [0, 0.1) is 6.92 Å². The monoisotopic (exact) mass is 371 g/mol. The van der Waals surface area contributed by atoms with Gasteiger partial charge in [0.1, 0.15) is 11.5 Å². The first-order valence-corrected chi connectivity index (χ1v) is 8.75. The predicted molar refractivity (Wildman–Crippen MR) is 97.2 cm³/mol. The maximum atomic E-state index is 13.8. The third kappa shape index (κ3) is 3.39. The number of aromatic nitrogens is 4. The van der Waals surface area contributed by atoms with E-state index in [1.165, 1.54) is 13.0 Å². The van der Waals surface area contributed by atoms with Crippen molar-refractivity contribution in [1.82, 2.24) is 19.5 Å². The number of carbonyl (C=O) groups excluding carboxylic acids is 1. The van der Waals surface area contributed by atoms with Crippen molar-refractivity contribution in [2.24, 2.45) is 0 Å². The minimum atomic E-state index is -3.06. The number of alkyl halides is 2. The summed E-state index contributed by atoms with van der Waals surface area (Å²) in [6.45, 7) is 3.89. The lowest BCUT2D eigenvalue weighted by Gasteiger charge is -2.12. The molecule has 4 rings (SSSR count). The van der Waals surface area contributed by atoms with E-state index in [9.17, 15) is 13.6 Å². The number of aryl methyl sites for hydroxylation is 1. The van der Waals surface area contributed by atoms with E-state index in [4.69, 9.17) is 0 Å². The highest BCUT2D eigenvalue weighted by atomic mass is 19.3. The Morgan fingerprint density at radius 2 is 2.04 bits per heavy atom. The topological polar surface area (TPSA) is 72.7 Å². The maximum absolute atomic E-state index is 13.8. The third-order valence-electron chi connectivity index (χ3n) is 4.55. The molecular weight excluding hydrogens is 352 g/mol. The van der Waals surface area contributed by atoms with Crippen LogP contribution in [0.15, 0.2) is 24.5 Å². The van der Waals surface area contributed by atoms with Gasteiger partial charge >= 0.3 is 0 Å². The summed E-state index contributed by atoms with van der Waals surface area (Å²) in [6.07, 6.45) is 5.77. The average molecular weight is 371 g/mol. The highest BCUT2D eigenvalue weighted by Gasteiger charge is 2.30. The Morgan fingerprint density at radius 1 is 1.30 bits per heavy atom. The van der Waals surface area contributed by atoms with E-state index in [1.807, 2.05) is 6.20 Å². The van der Waals surface area contributed by atoms with Crippen LogP contribution >= 0.6 is 0 Å². The highest BCUT2D eigenvalue weighted by Crippen LogP contribution is 2.44. The smallest absolute Gasteiger partial charge is 0.287 e. The van der Waals surface area contributed by atoms with Crippen LogP contribution in [0.3, 0.4) is 0 Å². The Balaban J connectivity index is 1.93. The number of fused-ring (bicyclic) bond motifs is 1. The molecule has 0 radical (unpaired) electrons. The third-order valence-corrected chi connectivity index (χ3v) is 4.55. The minimum Gasteiger partial charge on any atom is -0.311 e. The van der Waals surface area contributed by atoms with E-state index in [1.54, 1.807) is 23.8 Å². The van der Waals surface area contributed by atoms with E-state index in [2.05, 4.69) is 20.3 Å². The molecule has 1 N–H and O–H groups in total. The molecule has 1 saturated carbocycles. The quantitative estimate of drug-likeness (QED) is 0.750. The number of halogens is 2. The van der Waals surface area contributed by atoms with Crippen LogP contribution in [0.4, 0.5) is 14.6 Å². The lowest BCUT2D eigenvalue weighted by Crippen LogP contribution is -2.14. The van der Waals surface area contributed by atoms with E-state index in [0.717, 1.165) is 36.2 Å². The number of hydrogen-bond donors (Lipinski definition) is 1. The maximum Gasteiger partial charge on any atom is 0.287 e. The zero-order chi connectivity index (χ0) is 19.3. The molecule has 1 amide bonds. The molecule has 0 bridgehead atoms. The number of anilines is 1. The van der Waals surface area contributed by atoms with E-state index in [0.29, 0.717) is 17.4 Å². The fourth-order valence-corrected chi connectivity index (χ4v) is 3.16.